The van der Waals surface area contributed by atoms with Gasteiger partial charge in [-0.1, -0.05) is 214 Å². The van der Waals surface area contributed by atoms with Gasteiger partial charge in [-0.3, -0.25) is 23.4 Å². The van der Waals surface area contributed by atoms with Gasteiger partial charge in [-0.25, -0.2) is 4.57 Å². The quantitative estimate of drug-likeness (QED) is 0.0197. The number of carbonyl (C=O) groups is 3. The van der Waals surface area contributed by atoms with Crippen molar-refractivity contribution in [3.63, 3.8) is 0 Å². The van der Waals surface area contributed by atoms with Crippen LogP contribution in [0.4, 0.5) is 0 Å². The molecule has 0 aromatic carbocycles. The van der Waals surface area contributed by atoms with Gasteiger partial charge in [-0.05, 0) is 116 Å². The maximum atomic E-state index is 12.9. The summed E-state index contributed by atoms with van der Waals surface area (Å²) < 4.78 is 39.5. The van der Waals surface area contributed by atoms with Crippen LogP contribution in [0.15, 0.2) is 109 Å². The van der Waals surface area contributed by atoms with Gasteiger partial charge >= 0.3 is 25.7 Å². The Morgan fingerprint density at radius 2 is 0.697 bits per heavy atom. The van der Waals surface area contributed by atoms with E-state index < -0.39 is 57.8 Å². The molecule has 0 radical (unpaired) electrons. The molecular weight excluding hydrogens is 976 g/mol. The van der Waals surface area contributed by atoms with Gasteiger partial charge in [0.1, 0.15) is 12.7 Å². The van der Waals surface area contributed by atoms with Crippen molar-refractivity contribution in [1.29, 1.82) is 0 Å². The minimum atomic E-state index is -4.78. The van der Waals surface area contributed by atoms with Gasteiger partial charge in [-0.15, -0.1) is 0 Å². The Balaban J connectivity index is 4.83. The van der Waals surface area contributed by atoms with E-state index in [1.54, 1.807) is 0 Å². The molecule has 434 valence electrons. The second-order valence-electron chi connectivity index (χ2n) is 19.4. The summed E-state index contributed by atoms with van der Waals surface area (Å²) in [7, 11) is -4.78. The number of hydrogen-bond donors (Lipinski definition) is 2. The number of phosphoric acid groups is 1. The summed E-state index contributed by atoms with van der Waals surface area (Å²) in [5, 5.41) is 9.81. The molecule has 3 unspecified atom stereocenters. The molecule has 0 aromatic rings. The largest absolute Gasteiger partial charge is 0.472 e. The van der Waals surface area contributed by atoms with E-state index >= 15 is 0 Å². The molecule has 0 aliphatic carbocycles. The fraction of sp³-hybridized carbons (Fsp3) is 0.672. The lowest BCUT2D eigenvalue weighted by Gasteiger charge is -2.21. The first-order valence-electron chi connectivity index (χ1n) is 29.8. The first kappa shape index (κ1) is 72.1. The van der Waals surface area contributed by atoms with Crippen molar-refractivity contribution in [2.75, 3.05) is 26.4 Å². The van der Waals surface area contributed by atoms with E-state index in [4.69, 9.17) is 23.3 Å². The van der Waals surface area contributed by atoms with Crippen LogP contribution in [0.1, 0.15) is 239 Å². The number of allylic oxidation sites excluding steroid dienone is 18. The van der Waals surface area contributed by atoms with Crippen molar-refractivity contribution < 1.29 is 52.2 Å². The number of phosphoric ester groups is 1. The number of carbonyl (C=O) groups excluding carboxylic acids is 3. The molecule has 0 fully saturated rings. The van der Waals surface area contributed by atoms with Crippen LogP contribution in [-0.2, 0) is 42.2 Å². The minimum Gasteiger partial charge on any atom is -0.462 e. The average Bonchev–Trinajstić information content (AvgIpc) is 3.41. The maximum absolute atomic E-state index is 12.9. The number of aliphatic hydroxyl groups excluding tert-OH is 1. The molecule has 0 amide bonds. The third-order valence-corrected chi connectivity index (χ3v) is 13.1. The molecule has 76 heavy (non-hydrogen) atoms. The number of rotatable bonds is 54. The Hall–Kier alpha value is -3.86. The number of esters is 3. The predicted octanol–water partition coefficient (Wildman–Crippen LogP) is 17.8. The van der Waals surface area contributed by atoms with E-state index in [0.717, 1.165) is 89.9 Å². The van der Waals surface area contributed by atoms with Crippen molar-refractivity contribution in [3.8, 4) is 0 Å². The van der Waals surface area contributed by atoms with Gasteiger partial charge in [0.2, 0.25) is 0 Å². The molecular formula is C64H107O11P. The lowest BCUT2D eigenvalue weighted by molar-refractivity contribution is -0.161. The minimum absolute atomic E-state index is 0.133. The molecule has 11 nitrogen and oxygen atoms in total. The SMILES string of the molecule is CC/C=C\C/C=C\C/C=C\C/C=C\C/C=C\CCCC(=O)OCC(COP(=O)(O)OCC(CO)OC(=O)CCCCC/C=C\C/C=C\C/C=C\CC)OC(=O)CCCCCCCCCCC/C=C\CCCCCCCC. The Kier molecular flexibility index (Phi) is 54.4. The fourth-order valence-corrected chi connectivity index (χ4v) is 8.48. The summed E-state index contributed by atoms with van der Waals surface area (Å²) in [6.45, 7) is 4.31. The molecule has 12 heteroatoms. The van der Waals surface area contributed by atoms with Crippen LogP contribution in [0.25, 0.3) is 0 Å². The van der Waals surface area contributed by atoms with Crippen LogP contribution in [0.2, 0.25) is 0 Å². The summed E-state index contributed by atoms with van der Waals surface area (Å²) in [6.07, 6.45) is 69.2. The number of hydrogen-bond acceptors (Lipinski definition) is 10. The van der Waals surface area contributed by atoms with Crippen LogP contribution in [0.5, 0.6) is 0 Å². The normalized spacial score (nSPS) is 14.1. The second-order valence-corrected chi connectivity index (χ2v) is 20.8. The Morgan fingerprint density at radius 3 is 1.12 bits per heavy atom. The molecule has 0 rings (SSSR count). The second kappa shape index (κ2) is 57.3. The summed E-state index contributed by atoms with van der Waals surface area (Å²) >= 11 is 0. The zero-order valence-corrected chi connectivity index (χ0v) is 48.8. The van der Waals surface area contributed by atoms with Gasteiger partial charge in [0.25, 0.3) is 0 Å². The van der Waals surface area contributed by atoms with Crippen LogP contribution in [0, 0.1) is 0 Å². The highest BCUT2D eigenvalue weighted by Crippen LogP contribution is 2.43. The van der Waals surface area contributed by atoms with Gasteiger partial charge in [0.15, 0.2) is 6.10 Å². The molecule has 0 aliphatic rings. The van der Waals surface area contributed by atoms with Crippen LogP contribution >= 0.6 is 7.82 Å². The van der Waals surface area contributed by atoms with Gasteiger partial charge < -0.3 is 24.2 Å². The third kappa shape index (κ3) is 54.9. The molecule has 0 heterocycles. The summed E-state index contributed by atoms with van der Waals surface area (Å²) in [5.41, 5.74) is 0. The molecule has 0 aliphatic heterocycles. The molecule has 0 aromatic heterocycles. The Bertz CT molecular complexity index is 1690. The van der Waals surface area contributed by atoms with Crippen LogP contribution < -0.4 is 0 Å². The molecule has 0 spiro atoms. The molecule has 0 bridgehead atoms. The standard InChI is InChI=1S/C64H107O11P/c1-4-7-10-13-16-19-22-25-27-29-30-32-34-37-40-43-46-49-52-55-64(68)75-61(57-71-62(66)53-50-47-44-41-38-36-33-31-28-26-23-20-17-14-11-8-5-2)59-73-76(69,70)72-58-60(56-65)74-63(67)54-51-48-45-42-39-35-24-21-18-15-12-9-6-3/h8-9,11-12,17-18,20-21,25-28,33,35-36,39,41,44,60-61,65H,4-7,10,13-16,19,22-24,29-32,34,37-38,40,42-43,45-59H2,1-3H3,(H,69,70)/b11-8-,12-9-,20-17-,21-18-,27-25-,28-26-,36-33-,39-35-,44-41-. The first-order valence-corrected chi connectivity index (χ1v) is 31.3. The van der Waals surface area contributed by atoms with E-state index in [2.05, 4.69) is 124 Å². The highest BCUT2D eigenvalue weighted by molar-refractivity contribution is 7.47. The lowest BCUT2D eigenvalue weighted by Crippen LogP contribution is -2.30. The van der Waals surface area contributed by atoms with Crippen LogP contribution in [0.3, 0.4) is 0 Å². The zero-order valence-electron chi connectivity index (χ0n) is 47.9. The monoisotopic (exact) mass is 1080 g/mol. The van der Waals surface area contributed by atoms with E-state index in [0.29, 0.717) is 25.7 Å². The summed E-state index contributed by atoms with van der Waals surface area (Å²) in [4.78, 5) is 48.6. The predicted molar refractivity (Wildman–Crippen MR) is 316 cm³/mol. The topological polar surface area (TPSA) is 155 Å². The average molecular weight is 1080 g/mol. The summed E-state index contributed by atoms with van der Waals surface area (Å²) in [6, 6.07) is 0. The van der Waals surface area contributed by atoms with E-state index in [1.165, 1.54) is 83.5 Å². The van der Waals surface area contributed by atoms with E-state index in [1.807, 2.05) is 6.08 Å². The number of ether oxygens (including phenoxy) is 3. The highest BCUT2D eigenvalue weighted by Gasteiger charge is 2.28. The Labute approximate surface area is 463 Å². The van der Waals surface area contributed by atoms with Crippen molar-refractivity contribution in [2.24, 2.45) is 0 Å². The highest BCUT2D eigenvalue weighted by atomic mass is 31.2. The zero-order chi connectivity index (χ0) is 55.5. The lowest BCUT2D eigenvalue weighted by atomic mass is 10.1. The van der Waals surface area contributed by atoms with E-state index in [9.17, 15) is 28.9 Å². The summed E-state index contributed by atoms with van der Waals surface area (Å²) in [5.74, 6) is -1.57. The third-order valence-electron chi connectivity index (χ3n) is 12.2. The number of unbranched alkanes of at least 4 members (excludes halogenated alkanes) is 19. The van der Waals surface area contributed by atoms with Crippen molar-refractivity contribution in [1.82, 2.24) is 0 Å². The van der Waals surface area contributed by atoms with Crippen molar-refractivity contribution >= 4 is 25.7 Å². The van der Waals surface area contributed by atoms with Crippen molar-refractivity contribution in [3.05, 3.63) is 109 Å². The van der Waals surface area contributed by atoms with Gasteiger partial charge in [0, 0.05) is 19.3 Å². The first-order chi connectivity index (χ1) is 37.2. The maximum Gasteiger partial charge on any atom is 0.472 e. The molecule has 2 N–H and O–H groups in total. The smallest absolute Gasteiger partial charge is 0.462 e. The van der Waals surface area contributed by atoms with Crippen molar-refractivity contribution in [2.45, 2.75) is 251 Å². The Morgan fingerprint density at radius 1 is 0.382 bits per heavy atom. The molecule has 0 saturated heterocycles. The van der Waals surface area contributed by atoms with Gasteiger partial charge in [-0.2, -0.15) is 0 Å². The van der Waals surface area contributed by atoms with Gasteiger partial charge in [0.05, 0.1) is 19.8 Å². The number of aliphatic hydroxyl groups is 1. The molecule has 0 saturated carbocycles. The van der Waals surface area contributed by atoms with E-state index in [-0.39, 0.29) is 25.9 Å². The molecule has 3 atom stereocenters. The fourth-order valence-electron chi connectivity index (χ4n) is 7.69. The van der Waals surface area contributed by atoms with Crippen LogP contribution in [-0.4, -0.2) is 66.5 Å².